The van der Waals surface area contributed by atoms with Crippen molar-refractivity contribution in [2.45, 2.75) is 46.1 Å². The van der Waals surface area contributed by atoms with Gasteiger partial charge in [0.25, 0.3) is 11.9 Å². The van der Waals surface area contributed by atoms with Gasteiger partial charge < -0.3 is 0 Å². The van der Waals surface area contributed by atoms with Crippen molar-refractivity contribution in [3.8, 4) is 0 Å². The van der Waals surface area contributed by atoms with Crippen LogP contribution in [0.3, 0.4) is 0 Å². The van der Waals surface area contributed by atoms with E-state index >= 15 is 0 Å². The number of hydrogen-bond donors (Lipinski definition) is 1. The molecule has 0 radical (unpaired) electrons. The Bertz CT molecular complexity index is 610. The molecule has 1 heterocycles. The number of benzene rings is 1. The molecule has 21 heavy (non-hydrogen) atoms. The summed E-state index contributed by atoms with van der Waals surface area (Å²) in [6, 6.07) is 7.56. The van der Waals surface area contributed by atoms with Crippen molar-refractivity contribution in [3.63, 3.8) is 0 Å². The molecule has 1 amide bonds. The van der Waals surface area contributed by atoms with E-state index in [4.69, 9.17) is 0 Å². The van der Waals surface area contributed by atoms with Gasteiger partial charge in [-0.2, -0.15) is 4.80 Å². The maximum Gasteiger partial charge on any atom is 0.270 e. The number of anilines is 1. The summed E-state index contributed by atoms with van der Waals surface area (Å²) in [5, 5.41) is 14.4. The predicted octanol–water partition coefficient (Wildman–Crippen LogP) is 2.63. The molecular formula is C15H21N5O. The fraction of sp³-hybridized carbons (Fsp3) is 0.467. The molecule has 0 saturated heterocycles. The molecule has 0 aliphatic rings. The normalized spacial score (nSPS) is 11.4. The minimum atomic E-state index is -0.230. The van der Waals surface area contributed by atoms with Crippen LogP contribution in [-0.2, 0) is 12.0 Å². The summed E-state index contributed by atoms with van der Waals surface area (Å²) in [5.41, 5.74) is 1.83. The monoisotopic (exact) mass is 287 g/mol. The summed E-state index contributed by atoms with van der Waals surface area (Å²) < 4.78 is 0. The van der Waals surface area contributed by atoms with E-state index < -0.39 is 0 Å². The van der Waals surface area contributed by atoms with Gasteiger partial charge in [-0.05, 0) is 34.7 Å². The molecular weight excluding hydrogens is 266 g/mol. The summed E-state index contributed by atoms with van der Waals surface area (Å²) in [5.74, 6) is -0.000134. The van der Waals surface area contributed by atoms with Crippen molar-refractivity contribution in [2.75, 3.05) is 5.32 Å². The zero-order valence-corrected chi connectivity index (χ0v) is 12.9. The third-order valence-corrected chi connectivity index (χ3v) is 3.11. The Morgan fingerprint density at radius 3 is 2.48 bits per heavy atom. The van der Waals surface area contributed by atoms with Crippen LogP contribution in [0.25, 0.3) is 0 Å². The van der Waals surface area contributed by atoms with Crippen molar-refractivity contribution in [1.29, 1.82) is 0 Å². The van der Waals surface area contributed by atoms with Gasteiger partial charge in [0.2, 0.25) is 0 Å². The lowest BCUT2D eigenvalue weighted by Crippen LogP contribution is -2.15. The molecule has 0 atom stereocenters. The molecule has 0 unspecified atom stereocenters. The smallest absolute Gasteiger partial charge is 0.270 e. The Kier molecular flexibility index (Phi) is 4.35. The maximum atomic E-state index is 12.1. The van der Waals surface area contributed by atoms with Gasteiger partial charge >= 0.3 is 0 Å². The first-order valence-corrected chi connectivity index (χ1v) is 7.10. The fourth-order valence-corrected chi connectivity index (χ4v) is 1.88. The lowest BCUT2D eigenvalue weighted by molar-refractivity contribution is 0.102. The van der Waals surface area contributed by atoms with Crippen LogP contribution in [0, 0.1) is 0 Å². The molecule has 1 aromatic carbocycles. The highest BCUT2D eigenvalue weighted by Gasteiger charge is 2.15. The van der Waals surface area contributed by atoms with Crippen LogP contribution < -0.4 is 5.32 Å². The minimum absolute atomic E-state index is 0.0689. The van der Waals surface area contributed by atoms with Crippen LogP contribution in [0.15, 0.2) is 24.3 Å². The largest absolute Gasteiger partial charge is 0.288 e. The number of carbonyl (C=O) groups is 1. The van der Waals surface area contributed by atoms with E-state index in [2.05, 4.69) is 41.5 Å². The number of nitrogens with zero attached hydrogens (tertiary/aromatic N) is 4. The first kappa shape index (κ1) is 15.2. The number of hydrogen-bond acceptors (Lipinski definition) is 4. The highest BCUT2D eigenvalue weighted by Crippen LogP contribution is 2.22. The van der Waals surface area contributed by atoms with E-state index in [1.807, 2.05) is 31.2 Å². The summed E-state index contributed by atoms with van der Waals surface area (Å²) in [7, 11) is 0. The van der Waals surface area contributed by atoms with Crippen LogP contribution in [0.4, 0.5) is 5.95 Å². The second-order valence-electron chi connectivity index (χ2n) is 5.99. The molecule has 0 saturated carbocycles. The van der Waals surface area contributed by atoms with Crippen LogP contribution >= 0.6 is 0 Å². The highest BCUT2D eigenvalue weighted by atomic mass is 16.1. The number of aromatic nitrogens is 4. The van der Waals surface area contributed by atoms with Gasteiger partial charge in [-0.25, -0.2) is 0 Å². The molecule has 1 aromatic heterocycles. The van der Waals surface area contributed by atoms with Gasteiger partial charge in [0, 0.05) is 5.56 Å². The molecule has 0 fully saturated rings. The third-order valence-electron chi connectivity index (χ3n) is 3.11. The molecule has 1 N–H and O–H groups in total. The summed E-state index contributed by atoms with van der Waals surface area (Å²) in [6.45, 7) is 9.12. The molecule has 2 aromatic rings. The topological polar surface area (TPSA) is 72.7 Å². The van der Waals surface area contributed by atoms with E-state index in [-0.39, 0.29) is 17.3 Å². The van der Waals surface area contributed by atoms with E-state index in [1.165, 1.54) is 10.4 Å². The van der Waals surface area contributed by atoms with Gasteiger partial charge in [-0.3, -0.25) is 10.1 Å². The standard InChI is InChI=1S/C15H21N5O/c1-5-10-20-18-14(17-19-20)16-13(21)11-6-8-12(9-7-11)15(2,3)4/h6-9H,5,10H2,1-4H3,(H,16,18,21). The molecule has 0 bridgehead atoms. The number of nitrogens with one attached hydrogen (secondary N) is 1. The number of tetrazole rings is 1. The predicted molar refractivity (Wildman–Crippen MR) is 81.2 cm³/mol. The first-order chi connectivity index (χ1) is 9.90. The van der Waals surface area contributed by atoms with Crippen molar-refractivity contribution in [1.82, 2.24) is 20.2 Å². The lowest BCUT2D eigenvalue weighted by atomic mass is 9.87. The summed E-state index contributed by atoms with van der Waals surface area (Å²) >= 11 is 0. The lowest BCUT2D eigenvalue weighted by Gasteiger charge is -2.18. The average molecular weight is 287 g/mol. The molecule has 6 nitrogen and oxygen atoms in total. The Hall–Kier alpha value is -2.24. The van der Waals surface area contributed by atoms with Crippen molar-refractivity contribution < 1.29 is 4.79 Å². The van der Waals surface area contributed by atoms with Crippen molar-refractivity contribution in [3.05, 3.63) is 35.4 Å². The second-order valence-corrected chi connectivity index (χ2v) is 5.99. The summed E-state index contributed by atoms with van der Waals surface area (Å²) in [4.78, 5) is 13.6. The number of rotatable bonds is 4. The number of amides is 1. The molecule has 0 aliphatic carbocycles. The fourth-order valence-electron chi connectivity index (χ4n) is 1.88. The van der Waals surface area contributed by atoms with E-state index in [1.54, 1.807) is 0 Å². The zero-order chi connectivity index (χ0) is 15.5. The molecule has 6 heteroatoms. The van der Waals surface area contributed by atoms with Crippen molar-refractivity contribution in [2.24, 2.45) is 0 Å². The maximum absolute atomic E-state index is 12.1. The Labute approximate surface area is 124 Å². The molecule has 112 valence electrons. The van der Waals surface area contributed by atoms with Gasteiger partial charge in [0.15, 0.2) is 0 Å². The first-order valence-electron chi connectivity index (χ1n) is 7.10. The van der Waals surface area contributed by atoms with Crippen LogP contribution in [0.2, 0.25) is 0 Å². The second kappa shape index (κ2) is 6.03. The van der Waals surface area contributed by atoms with Gasteiger partial charge in [-0.15, -0.1) is 5.10 Å². The number of carbonyl (C=O) groups excluding carboxylic acids is 1. The third kappa shape index (κ3) is 3.87. The Balaban J connectivity index is 2.06. The molecule has 2 rings (SSSR count). The van der Waals surface area contributed by atoms with Crippen molar-refractivity contribution >= 4 is 11.9 Å². The minimum Gasteiger partial charge on any atom is -0.288 e. The summed E-state index contributed by atoms with van der Waals surface area (Å²) in [6.07, 6.45) is 0.915. The van der Waals surface area contributed by atoms with Gasteiger partial charge in [0.05, 0.1) is 6.54 Å². The molecule has 0 spiro atoms. The van der Waals surface area contributed by atoms with E-state index in [9.17, 15) is 4.79 Å². The quantitative estimate of drug-likeness (QED) is 0.938. The highest BCUT2D eigenvalue weighted by molar-refractivity contribution is 6.03. The molecule has 0 aliphatic heterocycles. The Morgan fingerprint density at radius 1 is 1.24 bits per heavy atom. The van der Waals surface area contributed by atoms with Gasteiger partial charge in [0.1, 0.15) is 0 Å². The van der Waals surface area contributed by atoms with E-state index in [0.29, 0.717) is 12.1 Å². The number of aryl methyl sites for hydroxylation is 1. The van der Waals surface area contributed by atoms with Gasteiger partial charge in [-0.1, -0.05) is 44.9 Å². The van der Waals surface area contributed by atoms with Crippen LogP contribution in [0.5, 0.6) is 0 Å². The average Bonchev–Trinajstić information content (AvgIpc) is 2.86. The van der Waals surface area contributed by atoms with Crippen LogP contribution in [0.1, 0.15) is 50.0 Å². The van der Waals surface area contributed by atoms with E-state index in [0.717, 1.165) is 6.42 Å². The zero-order valence-electron chi connectivity index (χ0n) is 12.9. The SMILES string of the molecule is CCCn1nnc(NC(=O)c2ccc(C(C)(C)C)cc2)n1. The van der Waals surface area contributed by atoms with Crippen LogP contribution in [-0.4, -0.2) is 26.1 Å². The Morgan fingerprint density at radius 2 is 1.90 bits per heavy atom.